The van der Waals surface area contributed by atoms with Crippen LogP contribution in [0.15, 0.2) is 35.6 Å². The minimum Gasteiger partial charge on any atom is -0.507 e. The molecule has 52 heavy (non-hydrogen) atoms. The minimum atomic E-state index is -2.44. The molecule has 0 fully saturated rings. The number of hydrogen-bond acceptors (Lipinski definition) is 13. The van der Waals surface area contributed by atoms with Gasteiger partial charge in [0.1, 0.15) is 56.9 Å². The number of ether oxygens (including phenoxy) is 5. The summed E-state index contributed by atoms with van der Waals surface area (Å²) in [5.41, 5.74) is -1.94. The second-order valence-corrected chi connectivity index (χ2v) is 12.3. The number of aryl methyl sites for hydroxylation is 1. The molecule has 1 aliphatic rings. The van der Waals surface area contributed by atoms with Gasteiger partial charge in [0.05, 0.1) is 14.2 Å². The summed E-state index contributed by atoms with van der Waals surface area (Å²) in [6, 6.07) is 2.58. The zero-order valence-corrected chi connectivity index (χ0v) is 30.2. The molecule has 3 aromatic carbocycles. The molecule has 0 amide bonds. The van der Waals surface area contributed by atoms with E-state index in [-0.39, 0.29) is 78.8 Å². The number of aromatic hydroxyl groups is 2. The zero-order valence-electron chi connectivity index (χ0n) is 30.2. The van der Waals surface area contributed by atoms with Crippen LogP contribution in [0.2, 0.25) is 0 Å². The molecular weight excluding hydrogens is 680 g/mol. The Labute approximate surface area is 298 Å². The molecule has 274 valence electrons. The molecule has 0 radical (unpaired) electrons. The van der Waals surface area contributed by atoms with E-state index < -0.39 is 46.8 Å². The third kappa shape index (κ3) is 6.44. The van der Waals surface area contributed by atoms with Crippen LogP contribution in [-0.4, -0.2) is 69.9 Å². The van der Waals surface area contributed by atoms with Gasteiger partial charge >= 0.3 is 23.9 Å². The van der Waals surface area contributed by atoms with Crippen molar-refractivity contribution in [2.45, 2.75) is 61.0 Å². The van der Waals surface area contributed by atoms with Crippen LogP contribution in [0.5, 0.6) is 34.5 Å². The Morgan fingerprint density at radius 2 is 1.15 bits per heavy atom. The number of allylic oxidation sites excluding steroid dienone is 2. The van der Waals surface area contributed by atoms with Gasteiger partial charge in [0.2, 0.25) is 5.60 Å². The lowest BCUT2D eigenvalue weighted by Gasteiger charge is -2.30. The van der Waals surface area contributed by atoms with Crippen molar-refractivity contribution in [3.63, 3.8) is 0 Å². The molecule has 1 atom stereocenters. The van der Waals surface area contributed by atoms with E-state index in [0.29, 0.717) is 11.1 Å². The molecule has 4 rings (SSSR count). The lowest BCUT2D eigenvalue weighted by molar-refractivity contribution is -0.151. The number of esters is 3. The first-order chi connectivity index (χ1) is 24.2. The predicted molar refractivity (Wildman–Crippen MR) is 184 cm³/mol. The SMILES string of the molecule is COC1=CC(=O)C=C(C)[C@]1(O)C(=O)Oc1c(C)c(C)c(C(=O)Oc2cc(C)c(C(=O)Oc3cc(OC)c(C(=O)O)c(C)c3C)c(O)c2C)c(O)c1C. The highest BCUT2D eigenvalue weighted by Crippen LogP contribution is 2.42. The fraction of sp³-hybridized carbons (Fsp3) is 0.289. The molecule has 1 aliphatic carbocycles. The van der Waals surface area contributed by atoms with E-state index in [1.54, 1.807) is 6.92 Å². The maximum absolute atomic E-state index is 13.6. The quantitative estimate of drug-likeness (QED) is 0.168. The lowest BCUT2D eigenvalue weighted by atomic mass is 9.87. The molecule has 14 heteroatoms. The Morgan fingerprint density at radius 3 is 1.71 bits per heavy atom. The molecular formula is C38H38O14. The first kappa shape index (κ1) is 38.6. The van der Waals surface area contributed by atoms with Gasteiger partial charge in [0.15, 0.2) is 5.78 Å². The second kappa shape index (κ2) is 14.2. The Balaban J connectivity index is 1.65. The van der Waals surface area contributed by atoms with Crippen molar-refractivity contribution in [2.24, 2.45) is 0 Å². The van der Waals surface area contributed by atoms with Crippen LogP contribution < -0.4 is 18.9 Å². The number of rotatable bonds is 9. The number of carbonyl (C=O) groups is 5. The molecule has 0 aliphatic heterocycles. The number of aromatic carboxylic acids is 1. The zero-order chi connectivity index (χ0) is 39.1. The smallest absolute Gasteiger partial charge is 0.356 e. The maximum Gasteiger partial charge on any atom is 0.356 e. The van der Waals surface area contributed by atoms with Crippen molar-refractivity contribution in [2.75, 3.05) is 14.2 Å². The van der Waals surface area contributed by atoms with Crippen molar-refractivity contribution in [1.29, 1.82) is 0 Å². The first-order valence-corrected chi connectivity index (χ1v) is 15.7. The van der Waals surface area contributed by atoms with Crippen LogP contribution in [0, 0.1) is 48.5 Å². The van der Waals surface area contributed by atoms with Crippen molar-refractivity contribution in [3.8, 4) is 34.5 Å². The monoisotopic (exact) mass is 718 g/mol. The highest BCUT2D eigenvalue weighted by Gasteiger charge is 2.48. The lowest BCUT2D eigenvalue weighted by Crippen LogP contribution is -2.47. The van der Waals surface area contributed by atoms with Crippen molar-refractivity contribution in [3.05, 3.63) is 91.3 Å². The van der Waals surface area contributed by atoms with E-state index in [2.05, 4.69) is 0 Å². The van der Waals surface area contributed by atoms with Gasteiger partial charge in [0.25, 0.3) is 0 Å². The number of phenols is 2. The van der Waals surface area contributed by atoms with Gasteiger partial charge < -0.3 is 44.1 Å². The second-order valence-electron chi connectivity index (χ2n) is 12.3. The van der Waals surface area contributed by atoms with E-state index in [9.17, 15) is 44.4 Å². The number of carboxylic acids is 1. The molecule has 3 aromatic rings. The van der Waals surface area contributed by atoms with Crippen LogP contribution in [0.3, 0.4) is 0 Å². The predicted octanol–water partition coefficient (Wildman–Crippen LogP) is 5.10. The summed E-state index contributed by atoms with van der Waals surface area (Å²) >= 11 is 0. The summed E-state index contributed by atoms with van der Waals surface area (Å²) in [5, 5.41) is 43.1. The van der Waals surface area contributed by atoms with Crippen molar-refractivity contribution < 1.29 is 68.1 Å². The average molecular weight is 719 g/mol. The van der Waals surface area contributed by atoms with Gasteiger partial charge in [-0.25, -0.2) is 19.2 Å². The fourth-order valence-corrected chi connectivity index (χ4v) is 5.86. The maximum atomic E-state index is 13.6. The van der Waals surface area contributed by atoms with Gasteiger partial charge in [0, 0.05) is 23.3 Å². The molecule has 0 heterocycles. The van der Waals surface area contributed by atoms with Gasteiger partial charge in [-0.3, -0.25) is 4.79 Å². The largest absolute Gasteiger partial charge is 0.507 e. The van der Waals surface area contributed by atoms with Crippen molar-refractivity contribution >= 4 is 29.7 Å². The third-order valence-electron chi connectivity index (χ3n) is 9.25. The van der Waals surface area contributed by atoms with Gasteiger partial charge in [-0.2, -0.15) is 0 Å². The van der Waals surface area contributed by atoms with Crippen LogP contribution in [-0.2, 0) is 14.3 Å². The van der Waals surface area contributed by atoms with E-state index >= 15 is 0 Å². The van der Waals surface area contributed by atoms with E-state index in [4.69, 9.17) is 23.7 Å². The molecule has 0 bridgehead atoms. The summed E-state index contributed by atoms with van der Waals surface area (Å²) in [6.07, 6.45) is 2.01. The van der Waals surface area contributed by atoms with Gasteiger partial charge in [-0.15, -0.1) is 0 Å². The number of aliphatic hydroxyl groups is 1. The summed E-state index contributed by atoms with van der Waals surface area (Å²) in [4.78, 5) is 64.0. The normalized spacial score (nSPS) is 15.3. The average Bonchev–Trinajstić information content (AvgIpc) is 3.07. The molecule has 0 unspecified atom stereocenters. The number of carboxylic acid groups (broad SMARTS) is 1. The summed E-state index contributed by atoms with van der Waals surface area (Å²) in [5.74, 6) is -6.78. The van der Waals surface area contributed by atoms with E-state index in [1.807, 2.05) is 0 Å². The Morgan fingerprint density at radius 1 is 0.615 bits per heavy atom. The molecule has 0 saturated heterocycles. The number of carbonyl (C=O) groups excluding carboxylic acids is 4. The van der Waals surface area contributed by atoms with E-state index in [0.717, 1.165) is 12.2 Å². The highest BCUT2D eigenvalue weighted by atomic mass is 16.6. The van der Waals surface area contributed by atoms with Gasteiger partial charge in [-0.05, 0) is 101 Å². The summed E-state index contributed by atoms with van der Waals surface area (Å²) in [6.45, 7) is 11.7. The van der Waals surface area contributed by atoms with Crippen LogP contribution in [0.1, 0.15) is 76.9 Å². The molecule has 4 N–H and O–H groups in total. The fourth-order valence-electron chi connectivity index (χ4n) is 5.86. The molecule has 0 aromatic heterocycles. The highest BCUT2D eigenvalue weighted by molar-refractivity contribution is 6.06. The molecule has 0 saturated carbocycles. The topological polar surface area (TPSA) is 212 Å². The van der Waals surface area contributed by atoms with Crippen molar-refractivity contribution in [1.82, 2.24) is 0 Å². The molecule has 0 spiro atoms. The Bertz CT molecular complexity index is 2120. The number of phenolic OH excluding ortho intramolecular Hbond substituents is 2. The number of hydrogen-bond donors (Lipinski definition) is 4. The summed E-state index contributed by atoms with van der Waals surface area (Å²) in [7, 11) is 2.45. The van der Waals surface area contributed by atoms with Gasteiger partial charge in [-0.1, -0.05) is 0 Å². The minimum absolute atomic E-state index is 0.00678. The van der Waals surface area contributed by atoms with Crippen LogP contribution in [0.25, 0.3) is 0 Å². The van der Waals surface area contributed by atoms with Crippen LogP contribution >= 0.6 is 0 Å². The number of methoxy groups -OCH3 is 2. The van der Waals surface area contributed by atoms with Crippen LogP contribution in [0.4, 0.5) is 0 Å². The number of ketones is 1. The summed E-state index contributed by atoms with van der Waals surface area (Å²) < 4.78 is 27.0. The standard InChI is InChI=1S/C38H38O14/c1-15-11-24(21(7)31(40)28(15)35(44)51-25-14-26(48-9)29(34(42)43)18(4)17(25)3)50-36(45)30-19(5)20(6)33(22(8)32(30)41)52-37(46)38(47)16(2)12-23(39)13-27(38)49-10/h11-14,40-41,47H,1-10H3,(H,42,43)/t38-/m1/s1. The first-order valence-electron chi connectivity index (χ1n) is 15.7. The Kier molecular flexibility index (Phi) is 10.6. The molecule has 14 nitrogen and oxygen atoms in total. The third-order valence-corrected chi connectivity index (χ3v) is 9.25. The van der Waals surface area contributed by atoms with E-state index in [1.165, 1.54) is 74.8 Å². The Hall–Kier alpha value is -6.15. The number of benzene rings is 3.